The van der Waals surface area contributed by atoms with Crippen molar-refractivity contribution in [1.29, 1.82) is 0 Å². The van der Waals surface area contributed by atoms with Crippen molar-refractivity contribution in [3.63, 3.8) is 0 Å². The van der Waals surface area contributed by atoms with Gasteiger partial charge in [0.15, 0.2) is 0 Å². The first-order chi connectivity index (χ1) is 18.4. The van der Waals surface area contributed by atoms with Crippen LogP contribution < -0.4 is 0 Å². The average Bonchev–Trinajstić information content (AvgIpc) is 2.92. The lowest BCUT2D eigenvalue weighted by molar-refractivity contribution is 1.30. The number of nitrogens with zero attached hydrogens (tertiary/aromatic N) is 4. The molecule has 0 aliphatic carbocycles. The molecule has 0 aliphatic rings. The number of pyridine rings is 4. The molecule has 0 saturated carbocycles. The lowest BCUT2D eigenvalue weighted by Crippen LogP contribution is -1.90. The average molecular weight is 493 g/mol. The van der Waals surface area contributed by atoms with Crippen LogP contribution in [0.15, 0.2) is 97.3 Å². The molecule has 38 heavy (non-hydrogen) atoms. The van der Waals surface area contributed by atoms with Crippen LogP contribution in [-0.4, -0.2) is 19.9 Å². The highest BCUT2D eigenvalue weighted by molar-refractivity contribution is 6.02. The number of fused-ring (bicyclic) bond motifs is 5. The van der Waals surface area contributed by atoms with Crippen molar-refractivity contribution in [2.75, 3.05) is 0 Å². The zero-order chi connectivity index (χ0) is 26.2. The molecule has 0 saturated heterocycles. The van der Waals surface area contributed by atoms with E-state index in [9.17, 15) is 0 Å². The summed E-state index contributed by atoms with van der Waals surface area (Å²) in [6, 6.07) is 29.5. The molecule has 4 heteroatoms. The van der Waals surface area contributed by atoms with E-state index in [2.05, 4.69) is 110 Å². The summed E-state index contributed by atoms with van der Waals surface area (Å²) in [6.45, 7) is 8.30. The summed E-state index contributed by atoms with van der Waals surface area (Å²) in [4.78, 5) is 18.4. The van der Waals surface area contributed by atoms with Crippen LogP contribution in [0.4, 0.5) is 0 Å². The van der Waals surface area contributed by atoms with E-state index in [-0.39, 0.29) is 0 Å². The second kappa shape index (κ2) is 9.64. The van der Waals surface area contributed by atoms with Gasteiger partial charge in [0.25, 0.3) is 0 Å². The first kappa shape index (κ1) is 23.7. The highest BCUT2D eigenvalue weighted by Crippen LogP contribution is 2.24. The van der Waals surface area contributed by atoms with Crippen molar-refractivity contribution in [3.05, 3.63) is 120 Å². The summed E-state index contributed by atoms with van der Waals surface area (Å²) in [6.07, 6.45) is 3.78. The standard InChI is InChI=1S/C20H16N2.C14H12N2/c1-13-3-7-17-15(11-13)5-9-19(21-17)20-10-6-16-12-14(2)4-8-18(16)22-20;1-9-5-11-3-4-12-6-10(2)8-16-14(12)13(11)15-7-9/h3-12H,1-2H3;3-8H,1-2H3. The first-order valence-electron chi connectivity index (χ1n) is 12.8. The molecule has 4 nitrogen and oxygen atoms in total. The van der Waals surface area contributed by atoms with E-state index in [1.807, 2.05) is 24.5 Å². The molecule has 0 atom stereocenters. The van der Waals surface area contributed by atoms with Gasteiger partial charge in [-0.15, -0.1) is 0 Å². The van der Waals surface area contributed by atoms with Gasteiger partial charge in [0.2, 0.25) is 0 Å². The number of aryl methyl sites for hydroxylation is 4. The number of rotatable bonds is 1. The van der Waals surface area contributed by atoms with Crippen LogP contribution in [0.25, 0.3) is 55.0 Å². The molecule has 0 fully saturated rings. The van der Waals surface area contributed by atoms with E-state index in [1.54, 1.807) is 0 Å². The maximum atomic E-state index is 4.75. The molecular weight excluding hydrogens is 464 g/mol. The van der Waals surface area contributed by atoms with Crippen LogP contribution in [0.2, 0.25) is 0 Å². The Hall–Kier alpha value is -4.70. The number of hydrogen-bond acceptors (Lipinski definition) is 4. The van der Waals surface area contributed by atoms with E-state index >= 15 is 0 Å². The van der Waals surface area contributed by atoms with Crippen LogP contribution in [0.3, 0.4) is 0 Å². The third-order valence-electron chi connectivity index (χ3n) is 6.73. The van der Waals surface area contributed by atoms with Crippen LogP contribution in [0, 0.1) is 27.7 Å². The highest BCUT2D eigenvalue weighted by Gasteiger charge is 2.06. The second-order valence-electron chi connectivity index (χ2n) is 10.0. The predicted molar refractivity (Wildman–Crippen MR) is 158 cm³/mol. The number of aromatic nitrogens is 4. The zero-order valence-electron chi connectivity index (χ0n) is 22.0. The van der Waals surface area contributed by atoms with Gasteiger partial charge >= 0.3 is 0 Å². The molecular formula is C34H28N4. The van der Waals surface area contributed by atoms with Gasteiger partial charge in [-0.05, 0) is 87.4 Å². The summed E-state index contributed by atoms with van der Waals surface area (Å²) >= 11 is 0. The van der Waals surface area contributed by atoms with Crippen molar-refractivity contribution in [1.82, 2.24) is 19.9 Å². The van der Waals surface area contributed by atoms with Gasteiger partial charge in [0.1, 0.15) is 0 Å². The van der Waals surface area contributed by atoms with Crippen molar-refractivity contribution in [2.24, 2.45) is 0 Å². The molecule has 3 aromatic carbocycles. The van der Waals surface area contributed by atoms with E-state index in [0.29, 0.717) is 0 Å². The van der Waals surface area contributed by atoms with E-state index in [4.69, 9.17) is 9.97 Å². The fourth-order valence-corrected chi connectivity index (χ4v) is 4.79. The Kier molecular flexibility index (Phi) is 6.01. The Morgan fingerprint density at radius 2 is 0.789 bits per heavy atom. The molecule has 0 N–H and O–H groups in total. The monoisotopic (exact) mass is 492 g/mol. The summed E-state index contributed by atoms with van der Waals surface area (Å²) in [7, 11) is 0. The molecule has 0 amide bonds. The van der Waals surface area contributed by atoms with Gasteiger partial charge in [-0.1, -0.05) is 47.5 Å². The topological polar surface area (TPSA) is 51.6 Å². The molecule has 0 unspecified atom stereocenters. The van der Waals surface area contributed by atoms with Gasteiger partial charge in [0, 0.05) is 33.9 Å². The Morgan fingerprint density at radius 3 is 1.24 bits per heavy atom. The minimum absolute atomic E-state index is 0.916. The molecule has 0 bridgehead atoms. The van der Waals surface area contributed by atoms with Crippen LogP contribution in [0.5, 0.6) is 0 Å². The van der Waals surface area contributed by atoms with Crippen LogP contribution in [0.1, 0.15) is 22.3 Å². The summed E-state index contributed by atoms with van der Waals surface area (Å²) in [5, 5.41) is 4.65. The van der Waals surface area contributed by atoms with Crippen molar-refractivity contribution in [3.8, 4) is 11.4 Å². The number of benzene rings is 3. The Labute approximate surface area is 222 Å². The van der Waals surface area contributed by atoms with Crippen molar-refractivity contribution in [2.45, 2.75) is 27.7 Å². The quantitative estimate of drug-likeness (QED) is 0.216. The van der Waals surface area contributed by atoms with Gasteiger partial charge in [-0.3, -0.25) is 9.97 Å². The van der Waals surface area contributed by atoms with Crippen molar-refractivity contribution < 1.29 is 0 Å². The molecule has 7 rings (SSSR count). The first-order valence-corrected chi connectivity index (χ1v) is 12.8. The van der Waals surface area contributed by atoms with E-state index in [0.717, 1.165) is 44.2 Å². The van der Waals surface area contributed by atoms with E-state index in [1.165, 1.54) is 33.0 Å². The van der Waals surface area contributed by atoms with E-state index < -0.39 is 0 Å². The minimum atomic E-state index is 0.916. The summed E-state index contributed by atoms with van der Waals surface area (Å²) in [5.74, 6) is 0. The summed E-state index contributed by atoms with van der Waals surface area (Å²) < 4.78 is 0. The Bertz CT molecular complexity index is 1830. The molecule has 0 spiro atoms. The highest BCUT2D eigenvalue weighted by atomic mass is 14.8. The fraction of sp³-hybridized carbons (Fsp3) is 0.118. The van der Waals surface area contributed by atoms with Gasteiger partial charge < -0.3 is 0 Å². The third-order valence-corrected chi connectivity index (χ3v) is 6.73. The smallest absolute Gasteiger partial charge is 0.0964 e. The fourth-order valence-electron chi connectivity index (χ4n) is 4.79. The minimum Gasteiger partial charge on any atom is -0.254 e. The molecule has 4 aromatic heterocycles. The van der Waals surface area contributed by atoms with Crippen LogP contribution >= 0.6 is 0 Å². The zero-order valence-corrected chi connectivity index (χ0v) is 22.0. The largest absolute Gasteiger partial charge is 0.254 e. The maximum Gasteiger partial charge on any atom is 0.0964 e. The lowest BCUT2D eigenvalue weighted by atomic mass is 10.1. The Balaban J connectivity index is 0.000000146. The third kappa shape index (κ3) is 4.69. The lowest BCUT2D eigenvalue weighted by Gasteiger charge is -2.05. The molecule has 7 aromatic rings. The predicted octanol–water partition coefficient (Wildman–Crippen LogP) is 8.47. The van der Waals surface area contributed by atoms with Gasteiger partial charge in [-0.2, -0.15) is 0 Å². The van der Waals surface area contributed by atoms with Crippen molar-refractivity contribution >= 4 is 43.6 Å². The van der Waals surface area contributed by atoms with Gasteiger partial charge in [0.05, 0.1) is 33.5 Å². The van der Waals surface area contributed by atoms with Crippen LogP contribution in [-0.2, 0) is 0 Å². The Morgan fingerprint density at radius 1 is 0.395 bits per heavy atom. The molecule has 0 radical (unpaired) electrons. The summed E-state index contributed by atoms with van der Waals surface area (Å²) in [5.41, 5.74) is 10.7. The second-order valence-corrected chi connectivity index (χ2v) is 10.0. The molecule has 0 aliphatic heterocycles. The maximum absolute atomic E-state index is 4.75. The number of hydrogen-bond donors (Lipinski definition) is 0. The normalized spacial score (nSPS) is 11.2. The molecule has 4 heterocycles. The SMILES string of the molecule is Cc1ccc2nc(-c3ccc4cc(C)ccc4n3)ccc2c1.Cc1cnc2c(ccc3cc(C)cnc32)c1. The molecule has 184 valence electrons. The van der Waals surface area contributed by atoms with Gasteiger partial charge in [-0.25, -0.2) is 9.97 Å².